The van der Waals surface area contributed by atoms with Gasteiger partial charge in [-0.3, -0.25) is 0 Å². The Balaban J connectivity index is 0.00000204. The molecule has 10 heteroatoms. The molecule has 34 heavy (non-hydrogen) atoms. The SMILES string of the molecule is CCc1nc[n+](C[C@](O)(c2cccc(F)c2)[C@@H](C)c2nc(-c3ccc(C#N)cc3)cs2)[nH]1.Cl.[Cl-]. The molecular weight excluding hydrogens is 496 g/mol. The van der Waals surface area contributed by atoms with Gasteiger partial charge >= 0.3 is 6.33 Å². The molecule has 6 nitrogen and oxygen atoms in total. The number of aryl methyl sites for hydroxylation is 1. The molecule has 4 aromatic rings. The third kappa shape index (κ3) is 5.62. The Bertz CT molecular complexity index is 1270. The number of rotatable bonds is 7. The summed E-state index contributed by atoms with van der Waals surface area (Å²) in [5.74, 6) is -0.0340. The van der Waals surface area contributed by atoms with Crippen molar-refractivity contribution in [2.24, 2.45) is 0 Å². The first-order valence-corrected chi connectivity index (χ1v) is 11.2. The fraction of sp³-hybridized carbons (Fsp3) is 0.250. The van der Waals surface area contributed by atoms with E-state index in [0.29, 0.717) is 11.1 Å². The van der Waals surface area contributed by atoms with Gasteiger partial charge in [0.15, 0.2) is 0 Å². The van der Waals surface area contributed by atoms with Crippen LogP contribution in [0, 0.1) is 17.1 Å². The van der Waals surface area contributed by atoms with E-state index >= 15 is 0 Å². The molecule has 0 radical (unpaired) electrons. The average molecular weight is 520 g/mol. The van der Waals surface area contributed by atoms with E-state index in [1.807, 2.05) is 31.4 Å². The maximum absolute atomic E-state index is 14.1. The van der Waals surface area contributed by atoms with Crippen molar-refractivity contribution in [2.45, 2.75) is 38.3 Å². The number of thiazole rings is 1. The highest BCUT2D eigenvalue weighted by atomic mass is 35.5. The molecule has 0 bridgehead atoms. The number of nitrogens with zero attached hydrogens (tertiary/aromatic N) is 4. The van der Waals surface area contributed by atoms with Crippen LogP contribution in [0.3, 0.4) is 0 Å². The van der Waals surface area contributed by atoms with Crippen molar-refractivity contribution < 1.29 is 26.6 Å². The van der Waals surface area contributed by atoms with Gasteiger partial charge in [0, 0.05) is 23.3 Å². The molecule has 0 amide bonds. The van der Waals surface area contributed by atoms with E-state index in [2.05, 4.69) is 16.2 Å². The van der Waals surface area contributed by atoms with Gasteiger partial charge in [0.25, 0.3) is 5.82 Å². The summed E-state index contributed by atoms with van der Waals surface area (Å²) in [6.07, 6.45) is 2.38. The normalized spacial score (nSPS) is 13.1. The van der Waals surface area contributed by atoms with Crippen LogP contribution in [0.1, 0.15) is 41.7 Å². The molecule has 178 valence electrons. The van der Waals surface area contributed by atoms with Crippen LogP contribution in [-0.4, -0.2) is 20.2 Å². The van der Waals surface area contributed by atoms with Gasteiger partial charge in [-0.15, -0.1) is 23.7 Å². The number of hydrogen-bond donors (Lipinski definition) is 2. The topological polar surface area (TPSA) is 89.5 Å². The standard InChI is InChI=1S/C24H22FN5OS.2ClH/c1-3-22-27-15-30(29-22)14-24(31,19-5-4-6-20(25)11-19)16(2)23-28-21(13-32-23)18-9-7-17(12-26)8-10-18;;/h4-11,13,15-16,31H,3,14H2,1-2H3;2*1H/t16-,24+;;/m0../s1. The van der Waals surface area contributed by atoms with Crippen molar-refractivity contribution in [1.82, 2.24) is 15.1 Å². The molecule has 0 spiro atoms. The molecule has 0 aliphatic rings. The molecule has 0 aliphatic carbocycles. The number of aliphatic hydroxyl groups is 1. The van der Waals surface area contributed by atoms with Gasteiger partial charge < -0.3 is 17.5 Å². The molecular formula is C24H24Cl2FN5OS. The molecule has 2 N–H and O–H groups in total. The van der Waals surface area contributed by atoms with Crippen molar-refractivity contribution in [3.8, 4) is 17.3 Å². The average Bonchev–Trinajstić information content (AvgIpc) is 3.48. The summed E-state index contributed by atoms with van der Waals surface area (Å²) < 4.78 is 15.8. The van der Waals surface area contributed by atoms with Crippen LogP contribution < -0.4 is 17.1 Å². The maximum atomic E-state index is 14.1. The minimum absolute atomic E-state index is 0. The zero-order valence-corrected chi connectivity index (χ0v) is 21.0. The van der Waals surface area contributed by atoms with Crippen molar-refractivity contribution in [3.05, 3.63) is 88.0 Å². The van der Waals surface area contributed by atoms with Gasteiger partial charge in [0.2, 0.25) is 0 Å². The predicted molar refractivity (Wildman–Crippen MR) is 126 cm³/mol. The molecule has 0 unspecified atom stereocenters. The maximum Gasteiger partial charge on any atom is 0.307 e. The van der Waals surface area contributed by atoms with Crippen LogP contribution in [0.2, 0.25) is 0 Å². The first-order valence-electron chi connectivity index (χ1n) is 10.3. The molecule has 2 aromatic heterocycles. The minimum Gasteiger partial charge on any atom is -1.00 e. The molecule has 2 aromatic carbocycles. The number of nitriles is 1. The van der Waals surface area contributed by atoms with Crippen molar-refractivity contribution in [1.29, 1.82) is 5.26 Å². The highest BCUT2D eigenvalue weighted by molar-refractivity contribution is 7.10. The van der Waals surface area contributed by atoms with Gasteiger partial charge in [-0.1, -0.05) is 38.1 Å². The molecule has 2 heterocycles. The zero-order valence-electron chi connectivity index (χ0n) is 18.6. The third-order valence-electron chi connectivity index (χ3n) is 5.61. The second-order valence-corrected chi connectivity index (χ2v) is 8.59. The van der Waals surface area contributed by atoms with E-state index in [1.54, 1.807) is 35.3 Å². The number of halogens is 3. The van der Waals surface area contributed by atoms with Crippen LogP contribution in [0.5, 0.6) is 0 Å². The van der Waals surface area contributed by atoms with Gasteiger partial charge in [0.1, 0.15) is 18.0 Å². The molecule has 2 atom stereocenters. The molecule has 4 rings (SSSR count). The summed E-state index contributed by atoms with van der Waals surface area (Å²) in [7, 11) is 0. The van der Waals surface area contributed by atoms with Crippen LogP contribution in [-0.2, 0) is 18.6 Å². The number of aromatic amines is 1. The molecule has 0 saturated heterocycles. The number of aromatic nitrogens is 4. The minimum atomic E-state index is -1.43. The lowest BCUT2D eigenvalue weighted by Gasteiger charge is -2.31. The Hall–Kier alpha value is -2.83. The Morgan fingerprint density at radius 3 is 2.62 bits per heavy atom. The summed E-state index contributed by atoms with van der Waals surface area (Å²) in [5.41, 5.74) is 1.29. The number of benzene rings is 2. The second-order valence-electron chi connectivity index (χ2n) is 7.70. The lowest BCUT2D eigenvalue weighted by atomic mass is 9.82. The third-order valence-corrected chi connectivity index (χ3v) is 6.64. The smallest absolute Gasteiger partial charge is 0.307 e. The van der Waals surface area contributed by atoms with Gasteiger partial charge in [-0.2, -0.15) is 15.0 Å². The molecule has 0 saturated carbocycles. The lowest BCUT2D eigenvalue weighted by Crippen LogP contribution is -3.00. The van der Waals surface area contributed by atoms with Gasteiger partial charge in [-0.25, -0.2) is 9.37 Å². The highest BCUT2D eigenvalue weighted by Crippen LogP contribution is 2.39. The van der Waals surface area contributed by atoms with Crippen molar-refractivity contribution >= 4 is 23.7 Å². The largest absolute Gasteiger partial charge is 1.00 e. The molecule has 0 fully saturated rings. The quantitative estimate of drug-likeness (QED) is 0.362. The van der Waals surface area contributed by atoms with Crippen LogP contribution in [0.25, 0.3) is 11.3 Å². The van der Waals surface area contributed by atoms with E-state index in [4.69, 9.17) is 10.2 Å². The Morgan fingerprint density at radius 1 is 1.26 bits per heavy atom. The van der Waals surface area contributed by atoms with Gasteiger partial charge in [-0.05, 0) is 34.8 Å². The Kier molecular flexibility index (Phi) is 9.30. The predicted octanol–water partition coefficient (Wildman–Crippen LogP) is 1.51. The van der Waals surface area contributed by atoms with Crippen LogP contribution in [0.15, 0.2) is 60.2 Å². The van der Waals surface area contributed by atoms with Crippen LogP contribution in [0.4, 0.5) is 4.39 Å². The first kappa shape index (κ1) is 27.4. The Labute approximate surface area is 214 Å². The van der Waals surface area contributed by atoms with E-state index in [-0.39, 0.29) is 31.4 Å². The van der Waals surface area contributed by atoms with E-state index < -0.39 is 17.3 Å². The highest BCUT2D eigenvalue weighted by Gasteiger charge is 2.41. The summed E-state index contributed by atoms with van der Waals surface area (Å²) >= 11 is 1.44. The monoisotopic (exact) mass is 519 g/mol. The van der Waals surface area contributed by atoms with E-state index in [0.717, 1.165) is 28.5 Å². The van der Waals surface area contributed by atoms with Crippen molar-refractivity contribution in [3.63, 3.8) is 0 Å². The summed E-state index contributed by atoms with van der Waals surface area (Å²) in [4.78, 5) is 9.07. The number of H-pyrrole nitrogens is 1. The van der Waals surface area contributed by atoms with Crippen molar-refractivity contribution in [2.75, 3.05) is 0 Å². The summed E-state index contributed by atoms with van der Waals surface area (Å²) in [5, 5.41) is 26.7. The summed E-state index contributed by atoms with van der Waals surface area (Å²) in [6.45, 7) is 4.05. The lowest BCUT2D eigenvalue weighted by molar-refractivity contribution is -0.765. The van der Waals surface area contributed by atoms with E-state index in [1.165, 1.54) is 23.5 Å². The van der Waals surface area contributed by atoms with Gasteiger partial charge in [0.05, 0.1) is 22.3 Å². The summed E-state index contributed by atoms with van der Waals surface area (Å²) in [6, 6.07) is 15.4. The van der Waals surface area contributed by atoms with E-state index in [9.17, 15) is 9.50 Å². The number of hydrogen-bond acceptors (Lipinski definition) is 5. The van der Waals surface area contributed by atoms with Crippen LogP contribution >= 0.6 is 23.7 Å². The molecule has 0 aliphatic heterocycles. The fourth-order valence-corrected chi connectivity index (χ4v) is 4.62. The zero-order chi connectivity index (χ0) is 22.7. The number of nitrogens with one attached hydrogen (secondary N) is 1. The Morgan fingerprint density at radius 2 is 2.00 bits per heavy atom. The fourth-order valence-electron chi connectivity index (χ4n) is 3.65. The first-order chi connectivity index (χ1) is 15.4. The second kappa shape index (κ2) is 11.5.